The Bertz CT molecular complexity index is 335. The van der Waals surface area contributed by atoms with Gasteiger partial charge in [-0.2, -0.15) is 11.8 Å². The molecular weight excluding hydrogens is 218 g/mol. The predicted molar refractivity (Wildman–Crippen MR) is 71.7 cm³/mol. The van der Waals surface area contributed by atoms with Crippen molar-refractivity contribution in [2.75, 3.05) is 12.3 Å². The van der Waals surface area contributed by atoms with Crippen molar-refractivity contribution in [3.63, 3.8) is 0 Å². The van der Waals surface area contributed by atoms with Gasteiger partial charge in [0.15, 0.2) is 0 Å². The van der Waals surface area contributed by atoms with Gasteiger partial charge in [-0.25, -0.2) is 0 Å². The van der Waals surface area contributed by atoms with Crippen LogP contribution in [0.25, 0.3) is 0 Å². The first kappa shape index (κ1) is 12.8. The Hall–Kier alpha value is -1.29. The molecule has 1 aromatic heterocycles. The van der Waals surface area contributed by atoms with Gasteiger partial charge in [-0.05, 0) is 12.1 Å². The summed E-state index contributed by atoms with van der Waals surface area (Å²) in [6.07, 6.45) is 4.38. The zero-order valence-corrected chi connectivity index (χ0v) is 10.1. The number of hydrogen-bond acceptors (Lipinski definition) is 3. The second kappa shape index (κ2) is 7.93. The van der Waals surface area contributed by atoms with Gasteiger partial charge in [0.05, 0.1) is 18.1 Å². The standard InChI is InChI=1S/C12H17N3S/c1-2-7-15-12(13)6-9-16-10-11-5-3-4-8-14-11/h2-5,8H,1,6-7,9-10H2,(H2,13,15). The molecule has 0 aromatic carbocycles. The van der Waals surface area contributed by atoms with Gasteiger partial charge in [-0.15, -0.1) is 6.58 Å². The second-order valence-electron chi connectivity index (χ2n) is 3.24. The number of amidine groups is 1. The Morgan fingerprint density at radius 2 is 2.44 bits per heavy atom. The van der Waals surface area contributed by atoms with Crippen molar-refractivity contribution in [1.29, 1.82) is 0 Å². The van der Waals surface area contributed by atoms with E-state index < -0.39 is 0 Å². The molecule has 0 atom stereocenters. The predicted octanol–water partition coefficient (Wildman–Crippen LogP) is 2.25. The third-order valence-electron chi connectivity index (χ3n) is 1.90. The Morgan fingerprint density at radius 3 is 3.12 bits per heavy atom. The molecule has 0 aliphatic carbocycles. The quantitative estimate of drug-likeness (QED) is 0.341. The van der Waals surface area contributed by atoms with Crippen molar-refractivity contribution in [3.05, 3.63) is 42.7 Å². The van der Waals surface area contributed by atoms with E-state index in [2.05, 4.69) is 16.6 Å². The van der Waals surface area contributed by atoms with E-state index in [0.29, 0.717) is 12.4 Å². The van der Waals surface area contributed by atoms with Gasteiger partial charge in [0, 0.05) is 24.1 Å². The van der Waals surface area contributed by atoms with E-state index in [-0.39, 0.29) is 0 Å². The summed E-state index contributed by atoms with van der Waals surface area (Å²) >= 11 is 1.82. The minimum absolute atomic E-state index is 0.608. The molecule has 4 heteroatoms. The molecule has 3 nitrogen and oxygen atoms in total. The Balaban J connectivity index is 2.15. The van der Waals surface area contributed by atoms with Crippen LogP contribution in [0.1, 0.15) is 12.1 Å². The average molecular weight is 235 g/mol. The van der Waals surface area contributed by atoms with Gasteiger partial charge in [-0.1, -0.05) is 12.1 Å². The topological polar surface area (TPSA) is 51.3 Å². The Morgan fingerprint density at radius 1 is 1.56 bits per heavy atom. The van der Waals surface area contributed by atoms with Crippen molar-refractivity contribution in [1.82, 2.24) is 4.98 Å². The largest absolute Gasteiger partial charge is 0.387 e. The monoisotopic (exact) mass is 235 g/mol. The molecule has 0 saturated carbocycles. The number of nitrogens with two attached hydrogens (primary N) is 1. The number of hydrogen-bond donors (Lipinski definition) is 1. The van der Waals surface area contributed by atoms with Crippen molar-refractivity contribution in [2.24, 2.45) is 10.7 Å². The first-order chi connectivity index (χ1) is 7.83. The summed E-state index contributed by atoms with van der Waals surface area (Å²) in [6, 6.07) is 5.96. The highest BCUT2D eigenvalue weighted by atomic mass is 32.2. The van der Waals surface area contributed by atoms with Gasteiger partial charge < -0.3 is 5.73 Å². The lowest BCUT2D eigenvalue weighted by atomic mass is 10.4. The third-order valence-corrected chi connectivity index (χ3v) is 2.89. The van der Waals surface area contributed by atoms with Crippen LogP contribution in [0, 0.1) is 0 Å². The molecule has 0 unspecified atom stereocenters. The molecule has 0 amide bonds. The van der Waals surface area contributed by atoms with Crippen LogP contribution in [-0.4, -0.2) is 23.1 Å². The van der Waals surface area contributed by atoms with Gasteiger partial charge in [0.2, 0.25) is 0 Å². The average Bonchev–Trinajstić information content (AvgIpc) is 2.33. The van der Waals surface area contributed by atoms with E-state index in [4.69, 9.17) is 5.73 Å². The molecule has 0 saturated heterocycles. The third kappa shape index (κ3) is 5.56. The first-order valence-corrected chi connectivity index (χ1v) is 6.35. The molecule has 1 heterocycles. The molecule has 0 fully saturated rings. The lowest BCUT2D eigenvalue weighted by Gasteiger charge is -2.01. The number of nitrogens with zero attached hydrogens (tertiary/aromatic N) is 2. The Kier molecular flexibility index (Phi) is 6.33. The van der Waals surface area contributed by atoms with Crippen LogP contribution in [0.5, 0.6) is 0 Å². The molecule has 86 valence electrons. The van der Waals surface area contributed by atoms with E-state index >= 15 is 0 Å². The number of aromatic nitrogens is 1. The number of pyridine rings is 1. The summed E-state index contributed by atoms with van der Waals surface area (Å²) in [7, 11) is 0. The fourth-order valence-corrected chi connectivity index (χ4v) is 1.98. The summed E-state index contributed by atoms with van der Waals surface area (Å²) in [5.41, 5.74) is 6.82. The van der Waals surface area contributed by atoms with Crippen molar-refractivity contribution < 1.29 is 0 Å². The first-order valence-electron chi connectivity index (χ1n) is 5.20. The number of aliphatic imine (C=N–C) groups is 1. The lowest BCUT2D eigenvalue weighted by Crippen LogP contribution is -2.13. The maximum Gasteiger partial charge on any atom is 0.0949 e. The van der Waals surface area contributed by atoms with Crippen LogP contribution >= 0.6 is 11.8 Å². The van der Waals surface area contributed by atoms with Crippen molar-refractivity contribution in [3.8, 4) is 0 Å². The molecule has 16 heavy (non-hydrogen) atoms. The van der Waals surface area contributed by atoms with Gasteiger partial charge >= 0.3 is 0 Å². The molecule has 1 aromatic rings. The zero-order chi connectivity index (χ0) is 11.6. The smallest absolute Gasteiger partial charge is 0.0949 e. The molecule has 0 bridgehead atoms. The van der Waals surface area contributed by atoms with E-state index in [1.54, 1.807) is 6.08 Å². The lowest BCUT2D eigenvalue weighted by molar-refractivity contribution is 1.15. The second-order valence-corrected chi connectivity index (χ2v) is 4.35. The maximum absolute atomic E-state index is 5.71. The van der Waals surface area contributed by atoms with E-state index in [1.165, 1.54) is 0 Å². The van der Waals surface area contributed by atoms with Crippen LogP contribution in [0.2, 0.25) is 0 Å². The highest BCUT2D eigenvalue weighted by Gasteiger charge is 1.95. The van der Waals surface area contributed by atoms with Crippen LogP contribution in [0.3, 0.4) is 0 Å². The maximum atomic E-state index is 5.71. The van der Waals surface area contributed by atoms with Crippen LogP contribution in [-0.2, 0) is 5.75 Å². The normalized spacial score (nSPS) is 11.4. The minimum Gasteiger partial charge on any atom is -0.387 e. The summed E-state index contributed by atoms with van der Waals surface area (Å²) in [5, 5.41) is 0. The summed E-state index contributed by atoms with van der Waals surface area (Å²) in [4.78, 5) is 8.38. The zero-order valence-electron chi connectivity index (χ0n) is 9.30. The molecule has 0 aliphatic rings. The highest BCUT2D eigenvalue weighted by molar-refractivity contribution is 7.98. The van der Waals surface area contributed by atoms with E-state index in [0.717, 1.165) is 23.6 Å². The van der Waals surface area contributed by atoms with Crippen LogP contribution in [0.4, 0.5) is 0 Å². The Labute approximate surface area is 101 Å². The fraction of sp³-hybridized carbons (Fsp3) is 0.333. The van der Waals surface area contributed by atoms with Gasteiger partial charge in [-0.3, -0.25) is 9.98 Å². The number of thioether (sulfide) groups is 1. The molecule has 0 spiro atoms. The van der Waals surface area contributed by atoms with Gasteiger partial charge in [0.1, 0.15) is 0 Å². The molecule has 0 radical (unpaired) electrons. The molecule has 1 rings (SSSR count). The molecular formula is C12H17N3S. The van der Waals surface area contributed by atoms with Crippen molar-refractivity contribution in [2.45, 2.75) is 12.2 Å². The summed E-state index contributed by atoms with van der Waals surface area (Å²) < 4.78 is 0. The van der Waals surface area contributed by atoms with Crippen molar-refractivity contribution >= 4 is 17.6 Å². The van der Waals surface area contributed by atoms with Crippen LogP contribution in [0.15, 0.2) is 42.0 Å². The van der Waals surface area contributed by atoms with E-state index in [9.17, 15) is 0 Å². The number of rotatable bonds is 7. The highest BCUT2D eigenvalue weighted by Crippen LogP contribution is 2.10. The minimum atomic E-state index is 0.608. The summed E-state index contributed by atoms with van der Waals surface area (Å²) in [5.74, 6) is 2.60. The molecule has 2 N–H and O–H groups in total. The van der Waals surface area contributed by atoms with Crippen LogP contribution < -0.4 is 5.73 Å². The summed E-state index contributed by atoms with van der Waals surface area (Å²) in [6.45, 7) is 4.20. The fourth-order valence-electron chi connectivity index (χ4n) is 1.10. The molecule has 0 aliphatic heterocycles. The SMILES string of the molecule is C=CCN=C(N)CCSCc1ccccn1. The van der Waals surface area contributed by atoms with E-state index in [1.807, 2.05) is 36.2 Å². The van der Waals surface area contributed by atoms with Gasteiger partial charge in [0.25, 0.3) is 0 Å².